The van der Waals surface area contributed by atoms with E-state index in [-0.39, 0.29) is 64.6 Å². The fraction of sp³-hybridized carbons (Fsp3) is 0.520. The summed E-state index contributed by atoms with van der Waals surface area (Å²) in [4.78, 5) is 178. The van der Waals surface area contributed by atoms with E-state index >= 15 is 0 Å². The lowest BCUT2D eigenvalue weighted by Crippen LogP contribution is -2.58. The molecule has 39 nitrogen and oxygen atoms in total. The summed E-state index contributed by atoms with van der Waals surface area (Å²) in [7, 11) is 9.40. The van der Waals surface area contributed by atoms with E-state index in [0.717, 1.165) is 44.9 Å². The Balaban J connectivity index is 0.000000162. The van der Waals surface area contributed by atoms with Crippen molar-refractivity contribution in [3.8, 4) is 34.5 Å². The number of nitrogens with zero attached hydrogens (tertiary/aromatic N) is 6. The quantitative estimate of drug-likeness (QED) is 0.0130. The number of benzene rings is 3. The van der Waals surface area contributed by atoms with Crippen molar-refractivity contribution in [3.05, 3.63) is 141 Å². The van der Waals surface area contributed by atoms with Crippen LogP contribution in [0.15, 0.2) is 141 Å². The number of ether oxygens (including phenoxy) is 6. The Morgan fingerprint density at radius 2 is 0.916 bits per heavy atom. The number of hydrogen-bond acceptors (Lipinski definition) is 27. The number of nitrogens with one attached hydrogen (secondary N) is 9. The Morgan fingerprint density at radius 3 is 1.29 bits per heavy atom. The minimum Gasteiger partial charge on any atom is -0.497 e. The molecule has 6 aliphatic carbocycles. The molecule has 17 rings (SSSR count). The van der Waals surface area contributed by atoms with Crippen molar-refractivity contribution < 1.29 is 111 Å². The molecule has 3 aromatic heterocycles. The lowest BCUT2D eigenvalue weighted by Gasteiger charge is -2.30. The number of pyridine rings is 3. The van der Waals surface area contributed by atoms with Crippen LogP contribution in [0, 0.1) is 17.8 Å². The second kappa shape index (κ2) is 44.7. The van der Waals surface area contributed by atoms with Crippen LogP contribution in [0.1, 0.15) is 173 Å². The van der Waals surface area contributed by atoms with Gasteiger partial charge < -0.3 is 75.0 Å². The van der Waals surface area contributed by atoms with Crippen molar-refractivity contribution in [1.29, 1.82) is 0 Å². The van der Waals surface area contributed by atoms with Gasteiger partial charge in [0.1, 0.15) is 106 Å². The van der Waals surface area contributed by atoms with Gasteiger partial charge in [-0.05, 0) is 170 Å². The molecule has 6 saturated carbocycles. The molecule has 4 unspecified atom stereocenters. The van der Waals surface area contributed by atoms with Gasteiger partial charge in [0.15, 0.2) is 17.4 Å². The van der Waals surface area contributed by atoms with E-state index in [1.807, 2.05) is 42.5 Å². The molecular formula is C98H118B3N15O24S3. The number of carbonyl (C=O) groups excluding carboxylic acids is 12. The summed E-state index contributed by atoms with van der Waals surface area (Å²) in [5.41, 5.74) is -2.60. The van der Waals surface area contributed by atoms with E-state index in [9.17, 15) is 82.8 Å². The summed E-state index contributed by atoms with van der Waals surface area (Å²) < 4.78 is 118. The number of aromatic nitrogens is 3. The summed E-state index contributed by atoms with van der Waals surface area (Å²) in [6.07, 6.45) is 27.2. The van der Waals surface area contributed by atoms with Crippen molar-refractivity contribution in [2.75, 3.05) is 41.0 Å². The van der Waals surface area contributed by atoms with Crippen LogP contribution >= 0.6 is 0 Å². The number of unbranched alkanes of at least 4 members (excludes halogenated alkanes) is 3. The van der Waals surface area contributed by atoms with Gasteiger partial charge >= 0.3 is 0 Å². The van der Waals surface area contributed by atoms with Crippen LogP contribution in [0.5, 0.6) is 34.5 Å². The Bertz CT molecular complexity index is 6110. The van der Waals surface area contributed by atoms with Crippen LogP contribution in [0.2, 0.25) is 0 Å². The van der Waals surface area contributed by atoms with E-state index in [1.54, 1.807) is 101 Å². The van der Waals surface area contributed by atoms with Gasteiger partial charge in [-0.3, -0.25) is 86.7 Å². The van der Waals surface area contributed by atoms with Gasteiger partial charge in [0.05, 0.1) is 73.3 Å². The zero-order chi connectivity index (χ0) is 102. The van der Waals surface area contributed by atoms with Crippen LogP contribution in [-0.2, 0) is 73.2 Å². The first-order valence-corrected chi connectivity index (χ1v) is 53.2. The number of carbonyl (C=O) groups is 12. The molecule has 6 radical (unpaired) electrons. The van der Waals surface area contributed by atoms with Crippen LogP contribution in [-0.4, -0.2) is 277 Å². The number of sulfonamides is 3. The van der Waals surface area contributed by atoms with Gasteiger partial charge in [0.25, 0.3) is 17.7 Å². The standard InChI is InChI=1S/C34H42BN5O8S.2C32H38BN5O8S/c1-4-6-7-8-9-10-26(37-33(35)44)31(42)40-20-23(48-29-15-16-36-27-17-22(47-3)11-14-25(27)29)18-28(40)30(41)38-34(19-21(34)5-2)32(43)39-49(45,46)24-12-13-24;2*1-45-20-9-12-23-25(15-20)34-14-13-27(23)46-21-16-26-28(39)36-32(30(41)37-47(43,44)22-10-11-22)17-19(32)7-5-3-2-4-6-8-24(35-31(33)42)29(40)38(26)18-21/h4-5,11,14-17,21,23-24,26,28H,1-2,6-10,12-13,18-20H2,3H3,(H,37,44)(H,38,41)(H,39,43);2*5,7,9,12-15,19,21-22,24,26H,2-4,6,8,10-11,16-18H2,1H3,(H,35,42)(H,36,39)(H,37,41)/b;2*7-5-/t21?,23-,26?,28+,34-;19?,21-,24+,26+,32-;19?,21-,24-,26+,32-/m111/s1. The number of amides is 12. The Hall–Kier alpha value is -12.7. The molecule has 8 heterocycles. The molecule has 15 atom stereocenters. The van der Waals surface area contributed by atoms with Crippen molar-refractivity contribution >= 4 is 157 Å². The third-order valence-electron chi connectivity index (χ3n) is 28.0. The number of methoxy groups -OCH3 is 3. The highest BCUT2D eigenvalue weighted by Crippen LogP contribution is 2.50. The first-order chi connectivity index (χ1) is 68.4. The summed E-state index contributed by atoms with van der Waals surface area (Å²) in [6, 6.07) is 15.0. The highest BCUT2D eigenvalue weighted by atomic mass is 32.2. The fourth-order valence-electron chi connectivity index (χ4n) is 19.4. The molecule has 0 bridgehead atoms. The topological polar surface area (TPSA) is 519 Å². The predicted octanol–water partition coefficient (Wildman–Crippen LogP) is 6.33. The van der Waals surface area contributed by atoms with Crippen LogP contribution < -0.4 is 74.5 Å². The van der Waals surface area contributed by atoms with E-state index in [2.05, 4.69) is 74.2 Å². The monoisotopic (exact) mass is 2020 g/mol. The Labute approximate surface area is 833 Å². The third kappa shape index (κ3) is 25.1. The number of hydrogen-bond donors (Lipinski definition) is 9. The molecule has 6 aromatic rings. The van der Waals surface area contributed by atoms with Gasteiger partial charge in [-0.15, -0.1) is 13.2 Å². The molecule has 11 aliphatic rings. The normalized spacial score (nSPS) is 27.1. The van der Waals surface area contributed by atoms with Gasteiger partial charge in [-0.2, -0.15) is 0 Å². The summed E-state index contributed by atoms with van der Waals surface area (Å²) in [6.45, 7) is 7.50. The molecule has 0 spiro atoms. The fourth-order valence-corrected chi connectivity index (χ4v) is 23.5. The average molecular weight is 2020 g/mol. The van der Waals surface area contributed by atoms with Crippen molar-refractivity contribution in [1.82, 2.24) is 75.7 Å². The number of allylic oxidation sites excluding steroid dienone is 3. The van der Waals surface area contributed by atoms with Crippen LogP contribution in [0.4, 0.5) is 14.4 Å². The third-order valence-corrected chi connectivity index (χ3v) is 33.5. The molecular weight excluding hydrogens is 1900 g/mol. The van der Waals surface area contributed by atoms with Gasteiger partial charge in [-0.25, -0.2) is 25.3 Å². The Kier molecular flexibility index (Phi) is 32.7. The van der Waals surface area contributed by atoms with E-state index in [4.69, 9.17) is 52.0 Å². The Morgan fingerprint density at radius 1 is 0.503 bits per heavy atom. The minimum atomic E-state index is -3.88. The summed E-state index contributed by atoms with van der Waals surface area (Å²) in [5.74, 6) is -6.38. The first-order valence-electron chi connectivity index (χ1n) is 48.5. The second-order valence-electron chi connectivity index (χ2n) is 38.3. The minimum absolute atomic E-state index is 0.00948. The molecule has 45 heteroatoms. The second-order valence-corrected chi connectivity index (χ2v) is 44.2. The zero-order valence-electron chi connectivity index (χ0n) is 79.9. The van der Waals surface area contributed by atoms with Crippen LogP contribution in [0.25, 0.3) is 32.7 Å². The summed E-state index contributed by atoms with van der Waals surface area (Å²) >= 11 is 0. The number of fused-ring (bicyclic) bond motifs is 7. The van der Waals surface area contributed by atoms with E-state index < -0.39 is 205 Å². The van der Waals surface area contributed by atoms with Gasteiger partial charge in [-0.1, -0.05) is 75.0 Å². The lowest BCUT2D eigenvalue weighted by atomic mass is 10.0. The number of likely N-dealkylation sites (tertiary alicyclic amines) is 1. The van der Waals surface area contributed by atoms with Gasteiger partial charge in [0.2, 0.25) is 89.1 Å². The van der Waals surface area contributed by atoms with Crippen molar-refractivity contribution in [3.63, 3.8) is 0 Å². The molecule has 3 saturated heterocycles. The SMILES string of the molecule is [B]C(=O)NC(CCCCCC=C)C(=O)N1C[C@H](Oc2ccnc3cc(OC)ccc23)C[C@H]1C(=O)N[C@]1(C(=O)NS(=O)(=O)C2CC2)CC1C=C.[B]C(=O)N[C@@H]1CCCCC/C=C\C2C[C@@]2(C(=O)NS(=O)(=O)C2CC2)NC(=O)[C@@H]2C[C@@H](Oc3ccnc4cc(OC)ccc34)CN2C1=O.[B]C(=O)N[C@H]1CCCCC/C=C\C2C[C@@]2(C(=O)NS(=O)(=O)C2CC2)NC(=O)[C@@H]2C[C@@H](Oc3ccnc4cc(OC)ccc34)CN2C1=O. The molecule has 5 aliphatic heterocycles. The lowest BCUT2D eigenvalue weighted by molar-refractivity contribution is -0.141. The molecule has 12 amide bonds. The highest BCUT2D eigenvalue weighted by molar-refractivity contribution is 7.91. The average Bonchev–Trinajstić information content (AvgIpc) is 1.57. The zero-order valence-corrected chi connectivity index (χ0v) is 82.3. The smallest absolute Gasteiger partial charge is 0.259 e. The molecule has 143 heavy (non-hydrogen) atoms. The predicted molar refractivity (Wildman–Crippen MR) is 528 cm³/mol. The van der Waals surface area contributed by atoms with Crippen molar-refractivity contribution in [2.24, 2.45) is 17.8 Å². The maximum Gasteiger partial charge on any atom is 0.259 e. The van der Waals surface area contributed by atoms with E-state index in [0.29, 0.717) is 151 Å². The molecule has 3 aromatic carbocycles. The van der Waals surface area contributed by atoms with E-state index in [1.165, 1.54) is 20.8 Å². The largest absolute Gasteiger partial charge is 0.497 e. The van der Waals surface area contributed by atoms with Crippen LogP contribution in [0.3, 0.4) is 0 Å². The maximum atomic E-state index is 14.1. The number of rotatable bonds is 31. The highest BCUT2D eigenvalue weighted by Gasteiger charge is 2.65. The molecule has 9 N–H and O–H groups in total. The molecule has 9 fully saturated rings. The molecule has 756 valence electrons. The maximum absolute atomic E-state index is 14.1. The first kappa shape index (κ1) is 105. The van der Waals surface area contributed by atoms with Gasteiger partial charge in [0, 0.05) is 90.0 Å². The van der Waals surface area contributed by atoms with Crippen molar-refractivity contribution in [2.45, 2.75) is 260 Å². The summed E-state index contributed by atoms with van der Waals surface area (Å²) in [5, 5.41) is 16.3.